The molecule has 1 amide bonds. The fourth-order valence-electron chi connectivity index (χ4n) is 3.40. The number of aromatic nitrogens is 2. The van der Waals surface area contributed by atoms with Gasteiger partial charge in [-0.2, -0.15) is 0 Å². The number of piperazine rings is 1. The molecule has 0 saturated carbocycles. The van der Waals surface area contributed by atoms with Crippen molar-refractivity contribution in [3.63, 3.8) is 0 Å². The lowest BCUT2D eigenvalue weighted by molar-refractivity contribution is -0.131. The molecule has 1 aliphatic heterocycles. The van der Waals surface area contributed by atoms with Crippen molar-refractivity contribution in [3.8, 4) is 5.75 Å². The summed E-state index contributed by atoms with van der Waals surface area (Å²) < 4.78 is 5.66. The smallest absolute Gasteiger partial charge is 0.225 e. The minimum absolute atomic E-state index is 0.137. The van der Waals surface area contributed by atoms with E-state index in [9.17, 15) is 4.79 Å². The van der Waals surface area contributed by atoms with Crippen LogP contribution in [0, 0.1) is 0 Å². The molecule has 9 heteroatoms. The van der Waals surface area contributed by atoms with Crippen LogP contribution in [0.4, 0.5) is 5.95 Å². The second-order valence-corrected chi connectivity index (χ2v) is 7.06. The fraction of sp³-hybridized carbons (Fsp3) is 0.455. The van der Waals surface area contributed by atoms with Crippen molar-refractivity contribution in [1.29, 1.82) is 0 Å². The Hall–Kier alpha value is -3.36. The van der Waals surface area contributed by atoms with E-state index in [1.165, 1.54) is 0 Å². The first-order chi connectivity index (χ1) is 15.2. The van der Waals surface area contributed by atoms with Gasteiger partial charge < -0.3 is 25.2 Å². The summed E-state index contributed by atoms with van der Waals surface area (Å²) in [6.45, 7) is 6.55. The third-order valence-corrected chi connectivity index (χ3v) is 5.04. The van der Waals surface area contributed by atoms with Crippen LogP contribution in [0.1, 0.15) is 18.9 Å². The Morgan fingerprint density at radius 3 is 2.55 bits per heavy atom. The van der Waals surface area contributed by atoms with Crippen molar-refractivity contribution in [3.05, 3.63) is 48.3 Å². The molecule has 1 aliphatic rings. The summed E-state index contributed by atoms with van der Waals surface area (Å²) in [6, 6.07) is 9.72. The number of carbonyl (C=O) groups is 1. The molecule has 166 valence electrons. The number of rotatable bonds is 8. The van der Waals surface area contributed by atoms with Crippen LogP contribution in [0.15, 0.2) is 47.7 Å². The Morgan fingerprint density at radius 2 is 1.84 bits per heavy atom. The Labute approximate surface area is 183 Å². The predicted octanol–water partition coefficient (Wildman–Crippen LogP) is 1.28. The number of nitrogens with zero attached hydrogens (tertiary/aromatic N) is 5. The van der Waals surface area contributed by atoms with Crippen LogP contribution in [-0.2, 0) is 11.3 Å². The minimum atomic E-state index is 0.137. The van der Waals surface area contributed by atoms with Gasteiger partial charge in [-0.3, -0.25) is 9.79 Å². The van der Waals surface area contributed by atoms with Gasteiger partial charge in [0.25, 0.3) is 0 Å². The normalized spacial score (nSPS) is 14.3. The van der Waals surface area contributed by atoms with Gasteiger partial charge in [0.15, 0.2) is 5.96 Å². The molecule has 2 N–H and O–H groups in total. The number of ether oxygens (including phenoxy) is 1. The lowest BCUT2D eigenvalue weighted by atomic mass is 10.2. The first-order valence-electron chi connectivity index (χ1n) is 10.7. The highest BCUT2D eigenvalue weighted by Gasteiger charge is 2.22. The van der Waals surface area contributed by atoms with Gasteiger partial charge in [-0.25, -0.2) is 9.97 Å². The molecule has 0 bridgehead atoms. The molecule has 1 saturated heterocycles. The summed E-state index contributed by atoms with van der Waals surface area (Å²) in [6.07, 6.45) is 3.89. The average molecular weight is 426 g/mol. The highest BCUT2D eigenvalue weighted by atomic mass is 16.5. The van der Waals surface area contributed by atoms with E-state index in [1.807, 2.05) is 36.1 Å². The topological polar surface area (TPSA) is 95.0 Å². The molecule has 1 fully saturated rings. The summed E-state index contributed by atoms with van der Waals surface area (Å²) >= 11 is 0. The van der Waals surface area contributed by atoms with Gasteiger partial charge in [-0.05, 0) is 19.1 Å². The molecule has 0 atom stereocenters. The molecule has 0 aliphatic carbocycles. The number of guanidine groups is 1. The summed E-state index contributed by atoms with van der Waals surface area (Å²) in [5.41, 5.74) is 1.06. The van der Waals surface area contributed by atoms with E-state index >= 15 is 0 Å². The molecule has 2 aromatic rings. The first kappa shape index (κ1) is 22.3. The minimum Gasteiger partial charge on any atom is -0.494 e. The SMILES string of the molecule is CCOc1ccccc1CNC(=NC)NCCC(=O)N1CCN(c2ncccn2)CC1. The van der Waals surface area contributed by atoms with E-state index < -0.39 is 0 Å². The number of aliphatic imine (C=N–C) groups is 1. The number of nitrogens with one attached hydrogen (secondary N) is 2. The Balaban J connectivity index is 1.38. The maximum Gasteiger partial charge on any atom is 0.225 e. The Kier molecular flexibility index (Phi) is 8.45. The molecule has 9 nitrogen and oxygen atoms in total. The van der Waals surface area contributed by atoms with Gasteiger partial charge in [0.1, 0.15) is 5.75 Å². The van der Waals surface area contributed by atoms with E-state index in [0.29, 0.717) is 45.2 Å². The highest BCUT2D eigenvalue weighted by molar-refractivity contribution is 5.81. The van der Waals surface area contributed by atoms with Crippen molar-refractivity contribution in [2.45, 2.75) is 19.9 Å². The van der Waals surface area contributed by atoms with E-state index in [0.717, 1.165) is 30.4 Å². The van der Waals surface area contributed by atoms with Crippen molar-refractivity contribution < 1.29 is 9.53 Å². The fourth-order valence-corrected chi connectivity index (χ4v) is 3.40. The van der Waals surface area contributed by atoms with Crippen molar-refractivity contribution in [1.82, 2.24) is 25.5 Å². The van der Waals surface area contributed by atoms with Gasteiger partial charge in [-0.15, -0.1) is 0 Å². The van der Waals surface area contributed by atoms with Gasteiger partial charge in [0.05, 0.1) is 6.61 Å². The van der Waals surface area contributed by atoms with Crippen LogP contribution in [0.5, 0.6) is 5.75 Å². The Morgan fingerprint density at radius 1 is 1.10 bits per heavy atom. The molecule has 31 heavy (non-hydrogen) atoms. The van der Waals surface area contributed by atoms with E-state index in [2.05, 4.69) is 30.5 Å². The number of para-hydroxylation sites is 1. The molecular weight excluding hydrogens is 394 g/mol. The van der Waals surface area contributed by atoms with Crippen LogP contribution in [0.25, 0.3) is 0 Å². The van der Waals surface area contributed by atoms with Crippen LogP contribution < -0.4 is 20.3 Å². The van der Waals surface area contributed by atoms with Crippen LogP contribution in [0.3, 0.4) is 0 Å². The quantitative estimate of drug-likeness (QED) is 0.486. The van der Waals surface area contributed by atoms with Crippen LogP contribution >= 0.6 is 0 Å². The van der Waals surface area contributed by atoms with Crippen molar-refractivity contribution >= 4 is 17.8 Å². The zero-order valence-corrected chi connectivity index (χ0v) is 18.3. The Bertz CT molecular complexity index is 852. The summed E-state index contributed by atoms with van der Waals surface area (Å²) in [7, 11) is 1.72. The number of hydrogen-bond acceptors (Lipinski definition) is 6. The third-order valence-electron chi connectivity index (χ3n) is 5.04. The summed E-state index contributed by atoms with van der Waals surface area (Å²) in [5, 5.41) is 6.49. The summed E-state index contributed by atoms with van der Waals surface area (Å²) in [5.74, 6) is 2.38. The van der Waals surface area contributed by atoms with Crippen molar-refractivity contribution in [2.24, 2.45) is 4.99 Å². The van der Waals surface area contributed by atoms with Gasteiger partial charge in [0.2, 0.25) is 11.9 Å². The molecule has 0 radical (unpaired) electrons. The van der Waals surface area contributed by atoms with Crippen molar-refractivity contribution in [2.75, 3.05) is 51.3 Å². The number of hydrogen-bond donors (Lipinski definition) is 2. The monoisotopic (exact) mass is 425 g/mol. The second kappa shape index (κ2) is 11.7. The highest BCUT2D eigenvalue weighted by Crippen LogP contribution is 2.17. The molecule has 3 rings (SSSR count). The molecule has 1 aromatic carbocycles. The number of amides is 1. The van der Waals surface area contributed by atoms with E-state index in [-0.39, 0.29) is 5.91 Å². The predicted molar refractivity (Wildman–Crippen MR) is 121 cm³/mol. The first-order valence-corrected chi connectivity index (χ1v) is 10.7. The number of carbonyl (C=O) groups excluding carboxylic acids is 1. The zero-order valence-electron chi connectivity index (χ0n) is 18.3. The second-order valence-electron chi connectivity index (χ2n) is 7.06. The zero-order chi connectivity index (χ0) is 21.9. The largest absolute Gasteiger partial charge is 0.494 e. The summed E-state index contributed by atoms with van der Waals surface area (Å²) in [4.78, 5) is 29.4. The lowest BCUT2D eigenvalue weighted by Crippen LogP contribution is -2.50. The van der Waals surface area contributed by atoms with E-state index in [1.54, 1.807) is 25.5 Å². The lowest BCUT2D eigenvalue weighted by Gasteiger charge is -2.34. The van der Waals surface area contributed by atoms with Gasteiger partial charge in [0, 0.05) is 70.7 Å². The van der Waals surface area contributed by atoms with Gasteiger partial charge >= 0.3 is 0 Å². The number of anilines is 1. The molecule has 1 aromatic heterocycles. The van der Waals surface area contributed by atoms with E-state index in [4.69, 9.17) is 4.74 Å². The number of benzene rings is 1. The molecule has 2 heterocycles. The average Bonchev–Trinajstić information content (AvgIpc) is 2.83. The standard InChI is InChI=1S/C22H31N7O2/c1-3-31-19-8-5-4-7-18(19)17-27-21(23-2)24-12-9-20(30)28-13-15-29(16-14-28)22-25-10-6-11-26-22/h4-8,10-11H,3,9,12-17H2,1-2H3,(H2,23,24,27). The maximum absolute atomic E-state index is 12.6. The molecule has 0 unspecified atom stereocenters. The molecular formula is C22H31N7O2. The van der Waals surface area contributed by atoms with Crippen LogP contribution in [-0.4, -0.2) is 73.1 Å². The van der Waals surface area contributed by atoms with Crippen LogP contribution in [0.2, 0.25) is 0 Å². The third kappa shape index (κ3) is 6.56. The van der Waals surface area contributed by atoms with Gasteiger partial charge in [-0.1, -0.05) is 18.2 Å². The molecule has 0 spiro atoms. The maximum atomic E-state index is 12.6.